The molecule has 0 aliphatic carbocycles. The van der Waals surface area contributed by atoms with Crippen LogP contribution in [-0.4, -0.2) is 29.0 Å². The van der Waals surface area contributed by atoms with Gasteiger partial charge in [0.1, 0.15) is 12.4 Å². The Balaban J connectivity index is 1.83. The van der Waals surface area contributed by atoms with Crippen LogP contribution in [-0.2, 0) is 0 Å². The second-order valence-electron chi connectivity index (χ2n) is 4.60. The van der Waals surface area contributed by atoms with Crippen molar-refractivity contribution in [2.75, 3.05) is 12.0 Å². The van der Waals surface area contributed by atoms with E-state index in [1.807, 2.05) is 31.2 Å². The van der Waals surface area contributed by atoms with Crippen LogP contribution >= 0.6 is 0 Å². The van der Waals surface area contributed by atoms with Crippen LogP contribution in [0.2, 0.25) is 0 Å². The van der Waals surface area contributed by atoms with E-state index in [1.165, 1.54) is 11.1 Å². The summed E-state index contributed by atoms with van der Waals surface area (Å²) >= 11 is 0. The number of amides is 2. The molecule has 6 nitrogen and oxygen atoms in total. The van der Waals surface area contributed by atoms with Crippen molar-refractivity contribution in [1.82, 2.24) is 10.1 Å². The van der Waals surface area contributed by atoms with Crippen molar-refractivity contribution in [3.8, 4) is 11.3 Å². The van der Waals surface area contributed by atoms with Gasteiger partial charge in [-0.15, -0.1) is 0 Å². The Labute approximate surface area is 121 Å². The van der Waals surface area contributed by atoms with Gasteiger partial charge in [0.05, 0.1) is 6.20 Å². The minimum atomic E-state index is -0.277. The average Bonchev–Trinajstić information content (AvgIpc) is 2.96. The molecule has 1 aromatic heterocycles. The monoisotopic (exact) mass is 282 g/mol. The number of hydrogen-bond acceptors (Lipinski definition) is 4. The molecule has 106 valence electrons. The summed E-state index contributed by atoms with van der Waals surface area (Å²) in [7, 11) is 0. The van der Waals surface area contributed by atoms with Crippen LogP contribution < -0.4 is 5.32 Å². The van der Waals surface area contributed by atoms with Gasteiger partial charge in [-0.05, 0) is 18.6 Å². The van der Waals surface area contributed by atoms with E-state index >= 15 is 0 Å². The number of carbonyl (C=O) groups is 1. The molecule has 1 aliphatic heterocycles. The van der Waals surface area contributed by atoms with E-state index in [-0.39, 0.29) is 6.03 Å². The summed E-state index contributed by atoms with van der Waals surface area (Å²) in [6.07, 6.45) is 6.53. The average molecular weight is 282 g/mol. The van der Waals surface area contributed by atoms with Crippen LogP contribution in [0.25, 0.3) is 11.3 Å². The van der Waals surface area contributed by atoms with Gasteiger partial charge in [0.15, 0.2) is 5.76 Å². The van der Waals surface area contributed by atoms with Gasteiger partial charge in [0.25, 0.3) is 0 Å². The van der Waals surface area contributed by atoms with Gasteiger partial charge >= 0.3 is 6.03 Å². The predicted octanol–water partition coefficient (Wildman–Crippen LogP) is 3.04. The third kappa shape index (κ3) is 2.69. The molecule has 0 fully saturated rings. The number of hydrogen-bond donors (Lipinski definition) is 1. The highest BCUT2D eigenvalue weighted by Gasteiger charge is 2.18. The fraction of sp³-hybridized carbons (Fsp3) is 0.133. The van der Waals surface area contributed by atoms with Gasteiger partial charge in [-0.25, -0.2) is 4.79 Å². The van der Waals surface area contributed by atoms with Gasteiger partial charge < -0.3 is 9.84 Å². The number of nitrogens with one attached hydrogen (secondary N) is 1. The van der Waals surface area contributed by atoms with Crippen LogP contribution in [0.4, 0.5) is 10.5 Å². The fourth-order valence-corrected chi connectivity index (χ4v) is 2.05. The molecule has 0 atom stereocenters. The lowest BCUT2D eigenvalue weighted by molar-refractivity contribution is 0.229. The molecular formula is C15H14N4O2. The third-order valence-corrected chi connectivity index (χ3v) is 3.15. The van der Waals surface area contributed by atoms with Gasteiger partial charge in [-0.3, -0.25) is 9.89 Å². The topological polar surface area (TPSA) is 70.7 Å². The summed E-state index contributed by atoms with van der Waals surface area (Å²) in [5, 5.41) is 6.57. The highest BCUT2D eigenvalue weighted by Crippen LogP contribution is 2.30. The lowest BCUT2D eigenvalue weighted by atomic mass is 10.1. The molecule has 0 bridgehead atoms. The Hall–Kier alpha value is -2.89. The minimum absolute atomic E-state index is 0.277. The Morgan fingerprint density at radius 3 is 3.00 bits per heavy atom. The van der Waals surface area contributed by atoms with Crippen LogP contribution in [0.1, 0.15) is 5.56 Å². The molecule has 0 unspecified atom stereocenters. The lowest BCUT2D eigenvalue weighted by Crippen LogP contribution is -2.31. The van der Waals surface area contributed by atoms with E-state index in [2.05, 4.69) is 15.5 Å². The quantitative estimate of drug-likeness (QED) is 0.920. The molecule has 0 saturated heterocycles. The van der Waals surface area contributed by atoms with E-state index < -0.39 is 0 Å². The molecule has 21 heavy (non-hydrogen) atoms. The van der Waals surface area contributed by atoms with Crippen LogP contribution in [0.3, 0.4) is 0 Å². The molecule has 1 aliphatic rings. The smallest absolute Gasteiger partial charge is 0.327 e. The van der Waals surface area contributed by atoms with E-state index in [9.17, 15) is 4.79 Å². The van der Waals surface area contributed by atoms with Gasteiger partial charge in [-0.2, -0.15) is 0 Å². The van der Waals surface area contributed by atoms with Crippen molar-refractivity contribution >= 4 is 17.9 Å². The second-order valence-corrected chi connectivity index (χ2v) is 4.60. The van der Waals surface area contributed by atoms with E-state index in [0.717, 1.165) is 11.1 Å². The summed E-state index contributed by atoms with van der Waals surface area (Å²) in [5.74, 6) is 0.547. The summed E-state index contributed by atoms with van der Waals surface area (Å²) in [6, 6.07) is 7.49. The number of benzene rings is 1. The molecular weight excluding hydrogens is 268 g/mol. The molecule has 0 radical (unpaired) electrons. The van der Waals surface area contributed by atoms with Gasteiger partial charge in [0.2, 0.25) is 0 Å². The van der Waals surface area contributed by atoms with Crippen molar-refractivity contribution in [2.45, 2.75) is 6.92 Å². The summed E-state index contributed by atoms with van der Waals surface area (Å²) in [5.41, 5.74) is 2.49. The molecule has 6 heteroatoms. The Morgan fingerprint density at radius 2 is 2.24 bits per heavy atom. The van der Waals surface area contributed by atoms with Crippen LogP contribution in [0.5, 0.6) is 0 Å². The maximum atomic E-state index is 12.2. The van der Waals surface area contributed by atoms with Crippen molar-refractivity contribution in [1.29, 1.82) is 0 Å². The van der Waals surface area contributed by atoms with Gasteiger partial charge in [-0.1, -0.05) is 29.4 Å². The van der Waals surface area contributed by atoms with Crippen LogP contribution in [0.15, 0.2) is 52.3 Å². The number of aryl methyl sites for hydroxylation is 1. The molecule has 2 amide bonds. The second kappa shape index (κ2) is 5.62. The highest BCUT2D eigenvalue weighted by atomic mass is 16.5. The van der Waals surface area contributed by atoms with Crippen molar-refractivity contribution in [3.05, 3.63) is 48.3 Å². The van der Waals surface area contributed by atoms with Gasteiger partial charge in [0, 0.05) is 18.0 Å². The number of nitrogens with zero attached hydrogens (tertiary/aromatic N) is 3. The number of urea groups is 1. The number of aliphatic imine (C=N–C) groups is 1. The molecule has 2 aromatic rings. The highest BCUT2D eigenvalue weighted by molar-refractivity contribution is 5.94. The summed E-state index contributed by atoms with van der Waals surface area (Å²) < 4.78 is 5.29. The number of allylic oxidation sites excluding steroid dienone is 1. The first-order valence-electron chi connectivity index (χ1n) is 6.50. The maximum Gasteiger partial charge on any atom is 0.327 e. The predicted molar refractivity (Wildman–Crippen MR) is 80.0 cm³/mol. The lowest BCUT2D eigenvalue weighted by Gasteiger charge is -2.18. The first kappa shape index (κ1) is 13.1. The zero-order valence-electron chi connectivity index (χ0n) is 11.5. The number of anilines is 1. The molecule has 1 aromatic carbocycles. The minimum Gasteiger partial charge on any atom is -0.354 e. The standard InChI is InChI=1S/C15H14N4O2/c1-11-5-2-3-6-12(11)14-13(9-17-21-14)18-15(20)19-8-4-7-16-10-19/h2-9H,10H2,1H3,(H,18,20). The largest absolute Gasteiger partial charge is 0.354 e. The summed E-state index contributed by atoms with van der Waals surface area (Å²) in [6.45, 7) is 2.28. The zero-order chi connectivity index (χ0) is 14.7. The summed E-state index contributed by atoms with van der Waals surface area (Å²) in [4.78, 5) is 17.6. The molecule has 2 heterocycles. The van der Waals surface area contributed by atoms with Crippen molar-refractivity contribution < 1.29 is 9.32 Å². The number of carbonyl (C=O) groups excluding carboxylic acids is 1. The maximum absolute atomic E-state index is 12.2. The van der Waals surface area contributed by atoms with E-state index in [0.29, 0.717) is 18.1 Å². The number of aromatic nitrogens is 1. The van der Waals surface area contributed by atoms with Crippen LogP contribution in [0, 0.1) is 6.92 Å². The molecule has 1 N–H and O–H groups in total. The molecule has 0 saturated carbocycles. The fourth-order valence-electron chi connectivity index (χ4n) is 2.05. The Bertz CT molecular complexity index is 718. The normalized spacial score (nSPS) is 13.5. The van der Waals surface area contributed by atoms with E-state index in [4.69, 9.17) is 4.52 Å². The molecule has 3 rings (SSSR count). The Morgan fingerprint density at radius 1 is 1.38 bits per heavy atom. The first-order chi connectivity index (χ1) is 10.3. The van der Waals surface area contributed by atoms with E-state index in [1.54, 1.807) is 18.5 Å². The number of rotatable bonds is 2. The molecule has 0 spiro atoms. The van der Waals surface area contributed by atoms with Crippen molar-refractivity contribution in [2.24, 2.45) is 4.99 Å². The third-order valence-electron chi connectivity index (χ3n) is 3.15. The SMILES string of the molecule is Cc1ccccc1-c1oncc1NC(=O)N1C=CC=NC1. The van der Waals surface area contributed by atoms with Crippen molar-refractivity contribution in [3.63, 3.8) is 0 Å². The Kier molecular flexibility index (Phi) is 3.51. The first-order valence-corrected chi connectivity index (χ1v) is 6.50. The zero-order valence-corrected chi connectivity index (χ0v) is 11.5.